The molecule has 1 amide bonds. The van der Waals surface area contributed by atoms with Crippen LogP contribution in [0.1, 0.15) is 38.8 Å². The van der Waals surface area contributed by atoms with Crippen molar-refractivity contribution in [1.29, 1.82) is 0 Å². The molecular formula is C20H24N2O3S2. The Kier molecular flexibility index (Phi) is 6.32. The molecule has 1 aromatic carbocycles. The van der Waals surface area contributed by atoms with E-state index in [2.05, 4.69) is 4.99 Å². The standard InChI is InChI=1S/C20H24N2O3S2/c1-12(2)11-25-19(24)17-13(3)21-20-22(16(23)9-10-27-20)18(17)14-5-7-15(26-4)8-6-14/h5-8,12,18H,9-11H2,1-4H3/t18-/m0/s1. The van der Waals surface area contributed by atoms with Crippen molar-refractivity contribution in [3.63, 3.8) is 0 Å². The normalized spacial score (nSPS) is 19.9. The van der Waals surface area contributed by atoms with E-state index in [1.807, 2.05) is 51.3 Å². The third kappa shape index (κ3) is 4.24. The summed E-state index contributed by atoms with van der Waals surface area (Å²) in [4.78, 5) is 33.0. The first-order valence-electron chi connectivity index (χ1n) is 8.97. The first kappa shape index (κ1) is 20.0. The summed E-state index contributed by atoms with van der Waals surface area (Å²) in [5, 5.41) is 0.670. The van der Waals surface area contributed by atoms with Gasteiger partial charge in [0, 0.05) is 17.1 Å². The van der Waals surface area contributed by atoms with E-state index in [1.54, 1.807) is 28.4 Å². The number of hydrogen-bond donors (Lipinski definition) is 0. The molecule has 144 valence electrons. The third-order valence-electron chi connectivity index (χ3n) is 4.41. The average molecular weight is 405 g/mol. The van der Waals surface area contributed by atoms with Gasteiger partial charge in [-0.3, -0.25) is 9.69 Å². The smallest absolute Gasteiger partial charge is 0.338 e. The van der Waals surface area contributed by atoms with Crippen LogP contribution in [0.4, 0.5) is 0 Å². The van der Waals surface area contributed by atoms with E-state index >= 15 is 0 Å². The maximum absolute atomic E-state index is 12.9. The quantitative estimate of drug-likeness (QED) is 0.542. The predicted octanol–water partition coefficient (Wildman–Crippen LogP) is 4.26. The van der Waals surface area contributed by atoms with Crippen molar-refractivity contribution in [1.82, 2.24) is 4.90 Å². The number of rotatable bonds is 5. The molecule has 0 N–H and O–H groups in total. The molecular weight excluding hydrogens is 380 g/mol. The zero-order valence-corrected chi connectivity index (χ0v) is 17.7. The lowest BCUT2D eigenvalue weighted by Gasteiger charge is -2.39. The molecule has 0 bridgehead atoms. The topological polar surface area (TPSA) is 59.0 Å². The fraction of sp³-hybridized carbons (Fsp3) is 0.450. The monoisotopic (exact) mass is 404 g/mol. The van der Waals surface area contributed by atoms with E-state index in [0.29, 0.717) is 35.2 Å². The molecule has 1 atom stereocenters. The van der Waals surface area contributed by atoms with Gasteiger partial charge in [0.2, 0.25) is 5.91 Å². The molecule has 2 heterocycles. The number of esters is 1. The van der Waals surface area contributed by atoms with Gasteiger partial charge in [0.25, 0.3) is 0 Å². The van der Waals surface area contributed by atoms with Crippen LogP contribution in [0.5, 0.6) is 0 Å². The molecule has 0 unspecified atom stereocenters. The summed E-state index contributed by atoms with van der Waals surface area (Å²) >= 11 is 3.21. The first-order valence-corrected chi connectivity index (χ1v) is 11.2. The first-order chi connectivity index (χ1) is 12.9. The van der Waals surface area contributed by atoms with Crippen LogP contribution >= 0.6 is 23.5 Å². The summed E-state index contributed by atoms with van der Waals surface area (Å²) in [6, 6.07) is 7.50. The summed E-state index contributed by atoms with van der Waals surface area (Å²) in [7, 11) is 0. The van der Waals surface area contributed by atoms with Crippen molar-refractivity contribution in [2.75, 3.05) is 18.6 Å². The number of nitrogens with zero attached hydrogens (tertiary/aromatic N) is 2. The van der Waals surface area contributed by atoms with Crippen molar-refractivity contribution in [3.8, 4) is 0 Å². The van der Waals surface area contributed by atoms with E-state index in [4.69, 9.17) is 4.74 Å². The van der Waals surface area contributed by atoms with Gasteiger partial charge in [-0.1, -0.05) is 37.7 Å². The second-order valence-electron chi connectivity index (χ2n) is 6.92. The number of carbonyl (C=O) groups is 2. The largest absolute Gasteiger partial charge is 0.462 e. The second kappa shape index (κ2) is 8.52. The minimum absolute atomic E-state index is 0.00639. The SMILES string of the molecule is CSc1ccc([C@H]2C(C(=O)OCC(C)C)=C(C)N=C3SCCC(=O)N32)cc1. The molecule has 0 aliphatic carbocycles. The molecule has 5 nitrogen and oxygen atoms in total. The molecule has 1 saturated heterocycles. The Morgan fingerprint density at radius 3 is 2.70 bits per heavy atom. The Morgan fingerprint density at radius 2 is 2.07 bits per heavy atom. The van der Waals surface area contributed by atoms with Crippen LogP contribution in [0.15, 0.2) is 45.4 Å². The number of aliphatic imine (C=N–C) groups is 1. The molecule has 2 aliphatic heterocycles. The van der Waals surface area contributed by atoms with Crippen LogP contribution in [-0.2, 0) is 14.3 Å². The molecule has 0 radical (unpaired) electrons. The number of ether oxygens (including phenoxy) is 1. The van der Waals surface area contributed by atoms with Crippen LogP contribution in [-0.4, -0.2) is 40.6 Å². The highest BCUT2D eigenvalue weighted by Crippen LogP contribution is 2.40. The molecule has 27 heavy (non-hydrogen) atoms. The maximum Gasteiger partial charge on any atom is 0.338 e. The van der Waals surface area contributed by atoms with Gasteiger partial charge in [-0.15, -0.1) is 11.8 Å². The Labute approximate surface area is 168 Å². The van der Waals surface area contributed by atoms with Crippen LogP contribution in [0.2, 0.25) is 0 Å². The van der Waals surface area contributed by atoms with Gasteiger partial charge in [0.1, 0.15) is 0 Å². The molecule has 0 spiro atoms. The number of fused-ring (bicyclic) bond motifs is 1. The van der Waals surface area contributed by atoms with Gasteiger partial charge in [0.05, 0.1) is 23.9 Å². The predicted molar refractivity (Wildman–Crippen MR) is 111 cm³/mol. The van der Waals surface area contributed by atoms with Crippen molar-refractivity contribution < 1.29 is 14.3 Å². The lowest BCUT2D eigenvalue weighted by atomic mass is 9.94. The van der Waals surface area contributed by atoms with E-state index in [9.17, 15) is 9.59 Å². The number of benzene rings is 1. The van der Waals surface area contributed by atoms with Crippen molar-refractivity contribution in [3.05, 3.63) is 41.1 Å². The van der Waals surface area contributed by atoms with E-state index in [1.165, 1.54) is 0 Å². The maximum atomic E-state index is 12.9. The molecule has 2 aliphatic rings. The third-order valence-corrected chi connectivity index (χ3v) is 6.10. The summed E-state index contributed by atoms with van der Waals surface area (Å²) in [6.45, 7) is 6.15. The molecule has 1 fully saturated rings. The van der Waals surface area contributed by atoms with Crippen LogP contribution in [0, 0.1) is 5.92 Å². The Hall–Kier alpha value is -1.73. The Bertz CT molecular complexity index is 800. The minimum atomic E-state index is -0.492. The minimum Gasteiger partial charge on any atom is -0.462 e. The van der Waals surface area contributed by atoms with Crippen molar-refractivity contribution >= 4 is 40.6 Å². The molecule has 3 rings (SSSR count). The van der Waals surface area contributed by atoms with Crippen molar-refractivity contribution in [2.24, 2.45) is 10.9 Å². The highest BCUT2D eigenvalue weighted by atomic mass is 32.2. The van der Waals surface area contributed by atoms with E-state index < -0.39 is 12.0 Å². The van der Waals surface area contributed by atoms with Crippen LogP contribution in [0.25, 0.3) is 0 Å². The van der Waals surface area contributed by atoms with E-state index in [-0.39, 0.29) is 11.8 Å². The number of allylic oxidation sites excluding steroid dienone is 1. The van der Waals surface area contributed by atoms with Gasteiger partial charge in [0.15, 0.2) is 5.17 Å². The number of carbonyl (C=O) groups excluding carboxylic acids is 2. The average Bonchev–Trinajstić information content (AvgIpc) is 2.65. The molecule has 1 aromatic rings. The highest BCUT2D eigenvalue weighted by molar-refractivity contribution is 8.14. The van der Waals surface area contributed by atoms with Crippen LogP contribution < -0.4 is 0 Å². The zero-order chi connectivity index (χ0) is 19.6. The molecule has 7 heteroatoms. The zero-order valence-electron chi connectivity index (χ0n) is 16.0. The fourth-order valence-corrected chi connectivity index (χ4v) is 4.49. The summed E-state index contributed by atoms with van der Waals surface area (Å²) < 4.78 is 5.51. The summed E-state index contributed by atoms with van der Waals surface area (Å²) in [6.07, 6.45) is 2.46. The lowest BCUT2D eigenvalue weighted by Crippen LogP contribution is -2.45. The lowest BCUT2D eigenvalue weighted by molar-refractivity contribution is -0.141. The number of amidine groups is 1. The second-order valence-corrected chi connectivity index (χ2v) is 8.87. The number of hydrogen-bond acceptors (Lipinski definition) is 6. The van der Waals surface area contributed by atoms with Gasteiger partial charge in [-0.05, 0) is 36.8 Å². The fourth-order valence-electron chi connectivity index (χ4n) is 3.08. The Balaban J connectivity index is 2.05. The summed E-state index contributed by atoms with van der Waals surface area (Å²) in [5.41, 5.74) is 1.97. The van der Waals surface area contributed by atoms with Gasteiger partial charge >= 0.3 is 5.97 Å². The number of amides is 1. The molecule has 0 saturated carbocycles. The Morgan fingerprint density at radius 1 is 1.37 bits per heavy atom. The number of thioether (sulfide) groups is 2. The van der Waals surface area contributed by atoms with Crippen LogP contribution in [0.3, 0.4) is 0 Å². The van der Waals surface area contributed by atoms with Crippen molar-refractivity contribution in [2.45, 2.75) is 38.1 Å². The van der Waals surface area contributed by atoms with Gasteiger partial charge in [-0.2, -0.15) is 0 Å². The molecule has 0 aromatic heterocycles. The summed E-state index contributed by atoms with van der Waals surface area (Å²) in [5.74, 6) is 0.551. The van der Waals surface area contributed by atoms with Gasteiger partial charge < -0.3 is 4.74 Å². The van der Waals surface area contributed by atoms with E-state index in [0.717, 1.165) is 10.5 Å². The highest BCUT2D eigenvalue weighted by Gasteiger charge is 2.41. The van der Waals surface area contributed by atoms with Gasteiger partial charge in [-0.25, -0.2) is 9.79 Å².